The summed E-state index contributed by atoms with van der Waals surface area (Å²) in [6.45, 7) is 3.28. The molecule has 1 aliphatic heterocycles. The molecule has 0 radical (unpaired) electrons. The summed E-state index contributed by atoms with van der Waals surface area (Å²) in [5, 5.41) is 9.58. The molecule has 0 spiro atoms. The van der Waals surface area contributed by atoms with Gasteiger partial charge in [-0.05, 0) is 37.5 Å². The number of carbonyl (C=O) groups excluding carboxylic acids is 1. The number of aromatic nitrogens is 3. The fourth-order valence-electron chi connectivity index (χ4n) is 3.85. The predicted molar refractivity (Wildman–Crippen MR) is 106 cm³/mol. The Morgan fingerprint density at radius 3 is 3.07 bits per heavy atom. The fraction of sp³-hybridized carbons (Fsp3) is 0.526. The molecule has 1 amide bonds. The third-order valence-electron chi connectivity index (χ3n) is 5.33. The Bertz CT molecular complexity index is 826. The van der Waals surface area contributed by atoms with Crippen molar-refractivity contribution in [3.63, 3.8) is 0 Å². The first kappa shape index (κ1) is 18.8. The molecule has 1 aromatic carbocycles. The lowest BCUT2D eigenvalue weighted by Gasteiger charge is -2.43. The van der Waals surface area contributed by atoms with Crippen molar-refractivity contribution in [1.29, 1.82) is 0 Å². The zero-order chi connectivity index (χ0) is 18.8. The number of hydrogen-bond donors (Lipinski definition) is 0. The molecule has 8 heteroatoms. The second-order valence-corrected chi connectivity index (χ2v) is 8.40. The molecule has 1 aliphatic carbocycles. The zero-order valence-electron chi connectivity index (χ0n) is 15.3. The third kappa shape index (κ3) is 4.00. The van der Waals surface area contributed by atoms with E-state index in [1.807, 2.05) is 34.6 Å². The molecule has 2 fully saturated rings. The lowest BCUT2D eigenvalue weighted by molar-refractivity contribution is -0.146. The van der Waals surface area contributed by atoms with Crippen molar-refractivity contribution < 1.29 is 9.53 Å². The van der Waals surface area contributed by atoms with Crippen molar-refractivity contribution in [3.05, 3.63) is 35.1 Å². The van der Waals surface area contributed by atoms with Gasteiger partial charge in [-0.3, -0.25) is 9.36 Å². The van der Waals surface area contributed by atoms with Crippen LogP contribution in [0, 0.1) is 6.92 Å². The van der Waals surface area contributed by atoms with E-state index in [0.717, 1.165) is 24.1 Å². The second kappa shape index (κ2) is 8.20. The Morgan fingerprint density at radius 2 is 2.22 bits per heavy atom. The molecule has 2 aliphatic rings. The summed E-state index contributed by atoms with van der Waals surface area (Å²) in [6, 6.07) is 6.06. The standard InChI is InChI=1S/C19H23ClN4O2S/c1-13-6-7-14(10-15(13)20)24-12-21-22-19(24)27-11-18(25)23-8-9-26-17-5-3-2-4-16(17)23/h6-7,10,12,16-17H,2-5,8-9,11H2,1H3. The SMILES string of the molecule is Cc1ccc(-n2cnnc2SCC(=O)N2CCOC3CCCCC32)cc1Cl. The van der Waals surface area contributed by atoms with Crippen LogP contribution in [0.4, 0.5) is 0 Å². The van der Waals surface area contributed by atoms with Crippen LogP contribution in [0.15, 0.2) is 29.7 Å². The second-order valence-electron chi connectivity index (χ2n) is 7.05. The first-order valence-electron chi connectivity index (χ1n) is 9.34. The van der Waals surface area contributed by atoms with Crippen LogP contribution in [-0.4, -0.2) is 56.6 Å². The van der Waals surface area contributed by atoms with Gasteiger partial charge in [0.1, 0.15) is 6.33 Å². The summed E-state index contributed by atoms with van der Waals surface area (Å²) >= 11 is 7.66. The molecule has 2 aromatic rings. The molecular weight excluding hydrogens is 384 g/mol. The van der Waals surface area contributed by atoms with Crippen LogP contribution in [0.3, 0.4) is 0 Å². The molecule has 1 aromatic heterocycles. The van der Waals surface area contributed by atoms with Crippen molar-refractivity contribution in [2.24, 2.45) is 0 Å². The van der Waals surface area contributed by atoms with E-state index in [0.29, 0.717) is 29.1 Å². The van der Waals surface area contributed by atoms with Crippen LogP contribution in [0.5, 0.6) is 0 Å². The maximum atomic E-state index is 12.9. The van der Waals surface area contributed by atoms with E-state index < -0.39 is 0 Å². The summed E-state index contributed by atoms with van der Waals surface area (Å²) in [5.74, 6) is 0.498. The van der Waals surface area contributed by atoms with Gasteiger partial charge >= 0.3 is 0 Å². The van der Waals surface area contributed by atoms with Crippen molar-refractivity contribution in [2.45, 2.75) is 49.9 Å². The highest BCUT2D eigenvalue weighted by Crippen LogP contribution is 2.30. The van der Waals surface area contributed by atoms with Gasteiger partial charge in [-0.25, -0.2) is 0 Å². The molecule has 2 heterocycles. The quantitative estimate of drug-likeness (QED) is 0.727. The predicted octanol–water partition coefficient (Wildman–Crippen LogP) is 3.49. The van der Waals surface area contributed by atoms with Crippen LogP contribution in [0.2, 0.25) is 5.02 Å². The topological polar surface area (TPSA) is 60.2 Å². The number of hydrogen-bond acceptors (Lipinski definition) is 5. The number of nitrogens with zero attached hydrogens (tertiary/aromatic N) is 4. The molecule has 4 rings (SSSR count). The molecule has 144 valence electrons. The summed E-state index contributed by atoms with van der Waals surface area (Å²) in [5.41, 5.74) is 1.91. The van der Waals surface area contributed by atoms with E-state index in [2.05, 4.69) is 10.2 Å². The minimum absolute atomic E-state index is 0.150. The Hall–Kier alpha value is -1.57. The first-order chi connectivity index (χ1) is 13.1. The van der Waals surface area contributed by atoms with Gasteiger partial charge in [-0.1, -0.05) is 42.3 Å². The third-order valence-corrected chi connectivity index (χ3v) is 6.66. The number of fused-ring (bicyclic) bond motifs is 1. The van der Waals surface area contributed by atoms with Gasteiger partial charge in [0.05, 0.1) is 30.2 Å². The molecule has 6 nitrogen and oxygen atoms in total. The number of morpholine rings is 1. The lowest BCUT2D eigenvalue weighted by atomic mass is 9.90. The molecule has 1 saturated carbocycles. The number of amides is 1. The van der Waals surface area contributed by atoms with Crippen LogP contribution >= 0.6 is 23.4 Å². The van der Waals surface area contributed by atoms with Crippen LogP contribution in [0.1, 0.15) is 31.2 Å². The highest BCUT2D eigenvalue weighted by atomic mass is 35.5. The minimum atomic E-state index is 0.150. The normalized spacial score (nSPS) is 22.5. The Morgan fingerprint density at radius 1 is 1.37 bits per heavy atom. The van der Waals surface area contributed by atoms with Crippen molar-refractivity contribution in [1.82, 2.24) is 19.7 Å². The van der Waals surface area contributed by atoms with Gasteiger partial charge < -0.3 is 9.64 Å². The average molecular weight is 407 g/mol. The van der Waals surface area contributed by atoms with Crippen LogP contribution in [-0.2, 0) is 9.53 Å². The lowest BCUT2D eigenvalue weighted by Crippen LogP contribution is -2.55. The van der Waals surface area contributed by atoms with E-state index >= 15 is 0 Å². The number of benzene rings is 1. The van der Waals surface area contributed by atoms with E-state index in [9.17, 15) is 4.79 Å². The Balaban J connectivity index is 1.44. The molecule has 1 saturated heterocycles. The maximum Gasteiger partial charge on any atom is 0.233 e. The van der Waals surface area contributed by atoms with Crippen LogP contribution in [0.25, 0.3) is 5.69 Å². The largest absolute Gasteiger partial charge is 0.374 e. The number of ether oxygens (including phenoxy) is 1. The summed E-state index contributed by atoms with van der Waals surface area (Å²) < 4.78 is 7.74. The van der Waals surface area contributed by atoms with E-state index in [-0.39, 0.29) is 18.1 Å². The molecular formula is C19H23ClN4O2S. The summed E-state index contributed by atoms with van der Waals surface area (Å²) in [4.78, 5) is 14.9. The van der Waals surface area contributed by atoms with Gasteiger partial charge in [0.15, 0.2) is 5.16 Å². The van der Waals surface area contributed by atoms with E-state index in [1.165, 1.54) is 24.6 Å². The highest BCUT2D eigenvalue weighted by Gasteiger charge is 2.36. The van der Waals surface area contributed by atoms with Gasteiger partial charge in [0, 0.05) is 11.6 Å². The Kier molecular flexibility index (Phi) is 5.71. The average Bonchev–Trinajstić information content (AvgIpc) is 3.16. The smallest absolute Gasteiger partial charge is 0.233 e. The molecule has 2 unspecified atom stereocenters. The van der Waals surface area contributed by atoms with Crippen LogP contribution < -0.4 is 0 Å². The fourth-order valence-corrected chi connectivity index (χ4v) is 4.84. The van der Waals surface area contributed by atoms with Gasteiger partial charge in [0.2, 0.25) is 5.91 Å². The van der Waals surface area contributed by atoms with Crippen molar-refractivity contribution in [2.75, 3.05) is 18.9 Å². The summed E-state index contributed by atoms with van der Waals surface area (Å²) in [7, 11) is 0. The number of carbonyl (C=O) groups is 1. The molecule has 27 heavy (non-hydrogen) atoms. The first-order valence-corrected chi connectivity index (χ1v) is 10.7. The molecule has 2 atom stereocenters. The number of aryl methyl sites for hydroxylation is 1. The number of halogens is 1. The number of thioether (sulfide) groups is 1. The molecule has 0 bridgehead atoms. The summed E-state index contributed by atoms with van der Waals surface area (Å²) in [6.07, 6.45) is 6.33. The maximum absolute atomic E-state index is 12.9. The van der Waals surface area contributed by atoms with Gasteiger partial charge in [0.25, 0.3) is 0 Å². The zero-order valence-corrected chi connectivity index (χ0v) is 16.9. The van der Waals surface area contributed by atoms with E-state index in [1.54, 1.807) is 6.33 Å². The molecule has 0 N–H and O–H groups in total. The van der Waals surface area contributed by atoms with Crippen molar-refractivity contribution >= 4 is 29.3 Å². The van der Waals surface area contributed by atoms with Crippen molar-refractivity contribution in [3.8, 4) is 5.69 Å². The number of rotatable bonds is 4. The monoisotopic (exact) mass is 406 g/mol. The van der Waals surface area contributed by atoms with E-state index in [4.69, 9.17) is 16.3 Å². The highest BCUT2D eigenvalue weighted by molar-refractivity contribution is 7.99. The van der Waals surface area contributed by atoms with Gasteiger partial charge in [-0.2, -0.15) is 0 Å². The van der Waals surface area contributed by atoms with Gasteiger partial charge in [-0.15, -0.1) is 10.2 Å². The Labute approximate surface area is 168 Å². The minimum Gasteiger partial charge on any atom is -0.374 e.